The fraction of sp³-hybridized carbons (Fsp3) is 0.500. The molecule has 14 heavy (non-hydrogen) atoms. The second-order valence-electron chi connectivity index (χ2n) is 3.03. The highest BCUT2D eigenvalue weighted by Gasteiger charge is 1.88. The van der Waals surface area contributed by atoms with Gasteiger partial charge in [0.15, 0.2) is 0 Å². The molecule has 0 aromatic rings. The van der Waals surface area contributed by atoms with E-state index in [2.05, 4.69) is 24.6 Å². The van der Waals surface area contributed by atoms with Gasteiger partial charge >= 0.3 is 0 Å². The minimum atomic E-state index is 0.686. The summed E-state index contributed by atoms with van der Waals surface area (Å²) in [5.74, 6) is 0. The molecule has 0 aliphatic rings. The van der Waals surface area contributed by atoms with Gasteiger partial charge in [-0.1, -0.05) is 24.3 Å². The number of hydrogen-bond donors (Lipinski definition) is 0. The number of ether oxygens (including phenoxy) is 1. The van der Waals surface area contributed by atoms with Gasteiger partial charge in [0.1, 0.15) is 0 Å². The highest BCUT2D eigenvalue weighted by molar-refractivity contribution is 5.12. The normalized spacial score (nSPS) is 10.7. The van der Waals surface area contributed by atoms with Gasteiger partial charge in [-0.15, -0.1) is 13.2 Å². The molecule has 0 amide bonds. The lowest BCUT2D eigenvalue weighted by Gasteiger charge is -2.08. The molecular formula is C12H23NO. The fourth-order valence-corrected chi connectivity index (χ4v) is 0.604. The summed E-state index contributed by atoms with van der Waals surface area (Å²) in [7, 11) is 4.07. The first-order valence-electron chi connectivity index (χ1n) is 4.68. The maximum absolute atomic E-state index is 5.35. The van der Waals surface area contributed by atoms with Gasteiger partial charge in [0.05, 0.1) is 13.2 Å². The van der Waals surface area contributed by atoms with E-state index in [1.54, 1.807) is 0 Å². The van der Waals surface area contributed by atoms with Crippen molar-refractivity contribution in [3.05, 3.63) is 37.5 Å². The van der Waals surface area contributed by atoms with Gasteiger partial charge in [-0.3, -0.25) is 0 Å². The molecule has 0 saturated heterocycles. The van der Waals surface area contributed by atoms with Gasteiger partial charge in [0.2, 0.25) is 0 Å². The zero-order valence-corrected chi connectivity index (χ0v) is 9.75. The minimum absolute atomic E-state index is 0.686. The van der Waals surface area contributed by atoms with Crippen LogP contribution in [0.1, 0.15) is 6.92 Å². The molecule has 2 nitrogen and oxygen atoms in total. The molecule has 0 radical (unpaired) electrons. The third-order valence-corrected chi connectivity index (χ3v) is 1.53. The first-order chi connectivity index (χ1) is 6.66. The molecule has 0 unspecified atom stereocenters. The Hall–Kier alpha value is -0.860. The topological polar surface area (TPSA) is 12.5 Å². The molecule has 0 spiro atoms. The van der Waals surface area contributed by atoms with Crippen LogP contribution in [-0.2, 0) is 4.74 Å². The Kier molecular flexibility index (Phi) is 13.5. The summed E-state index contributed by atoms with van der Waals surface area (Å²) < 4.78 is 5.35. The quantitative estimate of drug-likeness (QED) is 0.368. The van der Waals surface area contributed by atoms with Gasteiger partial charge in [-0.05, 0) is 21.0 Å². The van der Waals surface area contributed by atoms with Crippen molar-refractivity contribution in [1.82, 2.24) is 4.90 Å². The van der Waals surface area contributed by atoms with Crippen LogP contribution in [0.4, 0.5) is 0 Å². The molecule has 0 aromatic heterocycles. The molecule has 0 bridgehead atoms. The Morgan fingerprint density at radius 3 is 2.36 bits per heavy atom. The van der Waals surface area contributed by atoms with Crippen LogP contribution in [0, 0.1) is 0 Å². The average molecular weight is 197 g/mol. The summed E-state index contributed by atoms with van der Waals surface area (Å²) >= 11 is 0. The second kappa shape index (κ2) is 12.1. The van der Waals surface area contributed by atoms with Crippen LogP contribution in [0.25, 0.3) is 0 Å². The van der Waals surface area contributed by atoms with E-state index in [1.807, 2.05) is 33.2 Å². The van der Waals surface area contributed by atoms with Crippen molar-refractivity contribution in [2.75, 3.05) is 33.9 Å². The number of likely N-dealkylation sites (N-methyl/N-ethyl adjacent to an activating group) is 1. The van der Waals surface area contributed by atoms with Crippen molar-refractivity contribution in [2.24, 2.45) is 0 Å². The summed E-state index contributed by atoms with van der Waals surface area (Å²) in [6.45, 7) is 14.1. The van der Waals surface area contributed by atoms with Crippen LogP contribution in [0.3, 0.4) is 0 Å². The lowest BCUT2D eigenvalue weighted by atomic mass is 10.3. The SMILES string of the molecule is C=C.C=C/C(C)=C/COCCN(C)C. The summed E-state index contributed by atoms with van der Waals surface area (Å²) in [5, 5.41) is 0. The lowest BCUT2D eigenvalue weighted by molar-refractivity contribution is 0.141. The Morgan fingerprint density at radius 2 is 1.93 bits per heavy atom. The molecule has 0 aromatic carbocycles. The predicted molar refractivity (Wildman–Crippen MR) is 64.6 cm³/mol. The van der Waals surface area contributed by atoms with Crippen molar-refractivity contribution in [1.29, 1.82) is 0 Å². The molecule has 2 heteroatoms. The Bertz CT molecular complexity index is 162. The third kappa shape index (κ3) is 13.7. The van der Waals surface area contributed by atoms with Crippen molar-refractivity contribution in [3.63, 3.8) is 0 Å². The molecule has 0 fully saturated rings. The Labute approximate surface area is 88.6 Å². The van der Waals surface area contributed by atoms with E-state index in [1.165, 1.54) is 5.57 Å². The molecular weight excluding hydrogens is 174 g/mol. The maximum atomic E-state index is 5.35. The van der Waals surface area contributed by atoms with E-state index in [-0.39, 0.29) is 0 Å². The highest BCUT2D eigenvalue weighted by atomic mass is 16.5. The van der Waals surface area contributed by atoms with E-state index < -0.39 is 0 Å². The number of nitrogens with zero attached hydrogens (tertiary/aromatic N) is 1. The maximum Gasteiger partial charge on any atom is 0.0653 e. The van der Waals surface area contributed by atoms with Crippen LogP contribution in [0.15, 0.2) is 37.5 Å². The number of allylic oxidation sites excluding steroid dienone is 2. The van der Waals surface area contributed by atoms with E-state index in [0.29, 0.717) is 6.61 Å². The van der Waals surface area contributed by atoms with Crippen molar-refractivity contribution >= 4 is 0 Å². The molecule has 0 aliphatic heterocycles. The van der Waals surface area contributed by atoms with Crippen molar-refractivity contribution in [3.8, 4) is 0 Å². The second-order valence-corrected chi connectivity index (χ2v) is 3.03. The van der Waals surface area contributed by atoms with E-state index >= 15 is 0 Å². The molecule has 82 valence electrons. The molecule has 0 heterocycles. The van der Waals surface area contributed by atoms with Crippen LogP contribution in [-0.4, -0.2) is 38.8 Å². The smallest absolute Gasteiger partial charge is 0.0653 e. The molecule has 0 aliphatic carbocycles. The van der Waals surface area contributed by atoms with Gasteiger partial charge in [0, 0.05) is 6.54 Å². The highest BCUT2D eigenvalue weighted by Crippen LogP contribution is 1.91. The minimum Gasteiger partial charge on any atom is -0.376 e. The zero-order valence-electron chi connectivity index (χ0n) is 9.75. The summed E-state index contributed by atoms with van der Waals surface area (Å²) in [5.41, 5.74) is 1.17. The van der Waals surface area contributed by atoms with Crippen molar-refractivity contribution in [2.45, 2.75) is 6.92 Å². The van der Waals surface area contributed by atoms with Crippen LogP contribution in [0.5, 0.6) is 0 Å². The standard InChI is InChI=1S/C10H19NO.C2H4/c1-5-10(2)6-8-12-9-7-11(3)4;1-2/h5-6H,1,7-9H2,2-4H3;1-2H2/b10-6+;. The largest absolute Gasteiger partial charge is 0.376 e. The fourth-order valence-electron chi connectivity index (χ4n) is 0.604. The zero-order chi connectivity index (χ0) is 11.4. The third-order valence-electron chi connectivity index (χ3n) is 1.53. The van der Waals surface area contributed by atoms with E-state index in [9.17, 15) is 0 Å². The molecule has 0 N–H and O–H groups in total. The molecule has 0 rings (SSSR count). The van der Waals surface area contributed by atoms with Gasteiger partial charge in [-0.2, -0.15) is 0 Å². The van der Waals surface area contributed by atoms with E-state index in [4.69, 9.17) is 4.74 Å². The lowest BCUT2D eigenvalue weighted by Crippen LogP contribution is -2.17. The monoisotopic (exact) mass is 197 g/mol. The van der Waals surface area contributed by atoms with Crippen LogP contribution >= 0.6 is 0 Å². The summed E-state index contributed by atoms with van der Waals surface area (Å²) in [6, 6.07) is 0. The number of hydrogen-bond acceptors (Lipinski definition) is 2. The Morgan fingerprint density at radius 1 is 1.36 bits per heavy atom. The molecule has 0 atom stereocenters. The van der Waals surface area contributed by atoms with Crippen LogP contribution < -0.4 is 0 Å². The first-order valence-corrected chi connectivity index (χ1v) is 4.68. The van der Waals surface area contributed by atoms with E-state index in [0.717, 1.165) is 13.2 Å². The van der Waals surface area contributed by atoms with Gasteiger partial charge in [-0.25, -0.2) is 0 Å². The van der Waals surface area contributed by atoms with Gasteiger partial charge < -0.3 is 9.64 Å². The first kappa shape index (κ1) is 15.6. The van der Waals surface area contributed by atoms with Gasteiger partial charge in [0.25, 0.3) is 0 Å². The summed E-state index contributed by atoms with van der Waals surface area (Å²) in [4.78, 5) is 2.10. The molecule has 0 saturated carbocycles. The van der Waals surface area contributed by atoms with Crippen LogP contribution in [0.2, 0.25) is 0 Å². The number of rotatable bonds is 6. The predicted octanol–water partition coefficient (Wildman–Crippen LogP) is 2.50. The average Bonchev–Trinajstić information content (AvgIpc) is 2.19. The Balaban J connectivity index is 0. The summed E-state index contributed by atoms with van der Waals surface area (Å²) in [6.07, 6.45) is 3.86. The van der Waals surface area contributed by atoms with Crippen molar-refractivity contribution < 1.29 is 4.74 Å².